The summed E-state index contributed by atoms with van der Waals surface area (Å²) in [6.07, 6.45) is 1.96. The molecule has 0 spiro atoms. The summed E-state index contributed by atoms with van der Waals surface area (Å²) in [5.41, 5.74) is 2.17. The Morgan fingerprint density at radius 2 is 2.22 bits per heavy atom. The third-order valence-electron chi connectivity index (χ3n) is 3.02. The quantitative estimate of drug-likeness (QED) is 0.850. The molecule has 2 rings (SSSR count). The number of imidazole rings is 1. The van der Waals surface area contributed by atoms with Crippen LogP contribution in [0.1, 0.15) is 19.2 Å². The van der Waals surface area contributed by atoms with Crippen molar-refractivity contribution in [2.45, 2.75) is 19.8 Å². The summed E-state index contributed by atoms with van der Waals surface area (Å²) in [7, 11) is 4.02. The highest BCUT2D eigenvalue weighted by Crippen LogP contribution is 2.21. The number of rotatable bonds is 6. The van der Waals surface area contributed by atoms with Crippen LogP contribution in [0.3, 0.4) is 0 Å². The zero-order chi connectivity index (χ0) is 13.0. The van der Waals surface area contributed by atoms with Crippen molar-refractivity contribution in [3.8, 4) is 5.75 Å². The van der Waals surface area contributed by atoms with Gasteiger partial charge in [0.1, 0.15) is 11.6 Å². The molecule has 0 unspecified atom stereocenters. The van der Waals surface area contributed by atoms with Crippen LogP contribution in [0, 0.1) is 0 Å². The van der Waals surface area contributed by atoms with E-state index in [2.05, 4.69) is 34.9 Å². The van der Waals surface area contributed by atoms with E-state index in [1.807, 2.05) is 19.2 Å². The Kier molecular flexibility index (Phi) is 4.20. The van der Waals surface area contributed by atoms with Crippen LogP contribution in [0.4, 0.5) is 0 Å². The molecule has 4 nitrogen and oxygen atoms in total. The van der Waals surface area contributed by atoms with E-state index in [9.17, 15) is 0 Å². The fourth-order valence-electron chi connectivity index (χ4n) is 2.00. The molecule has 1 aromatic heterocycles. The topological polar surface area (TPSA) is 39.1 Å². The summed E-state index contributed by atoms with van der Waals surface area (Å²) in [5.74, 6) is 2.01. The molecule has 0 saturated heterocycles. The summed E-state index contributed by atoms with van der Waals surface area (Å²) in [5, 5.41) is 3.15. The molecule has 0 amide bonds. The normalized spacial score (nSPS) is 11.1. The fourth-order valence-corrected chi connectivity index (χ4v) is 2.00. The minimum absolute atomic E-state index is 0.755. The van der Waals surface area contributed by atoms with Crippen molar-refractivity contribution in [2.24, 2.45) is 7.05 Å². The summed E-state index contributed by atoms with van der Waals surface area (Å²) in [6, 6.07) is 6.12. The maximum Gasteiger partial charge on any atom is 0.121 e. The van der Waals surface area contributed by atoms with Gasteiger partial charge in [-0.3, -0.25) is 0 Å². The van der Waals surface area contributed by atoms with Gasteiger partial charge in [0.2, 0.25) is 0 Å². The van der Waals surface area contributed by atoms with Gasteiger partial charge >= 0.3 is 0 Å². The summed E-state index contributed by atoms with van der Waals surface area (Å²) in [6.45, 7) is 3.80. The molecule has 0 bridgehead atoms. The number of benzene rings is 1. The molecule has 0 aliphatic rings. The zero-order valence-electron chi connectivity index (χ0n) is 11.4. The van der Waals surface area contributed by atoms with Crippen LogP contribution in [-0.2, 0) is 13.5 Å². The number of aryl methyl sites for hydroxylation is 1. The van der Waals surface area contributed by atoms with Gasteiger partial charge in [-0.1, -0.05) is 6.92 Å². The SMILES string of the molecule is CCCOc1ccc2c(c1)nc(CCNC)n2C. The van der Waals surface area contributed by atoms with Gasteiger partial charge in [-0.25, -0.2) is 4.98 Å². The molecular formula is C14H21N3O. The van der Waals surface area contributed by atoms with Crippen LogP contribution in [0.25, 0.3) is 11.0 Å². The number of ether oxygens (including phenoxy) is 1. The summed E-state index contributed by atoms with van der Waals surface area (Å²) in [4.78, 5) is 4.66. The number of hydrogen-bond acceptors (Lipinski definition) is 3. The zero-order valence-corrected chi connectivity index (χ0v) is 11.4. The van der Waals surface area contributed by atoms with Gasteiger partial charge in [0.15, 0.2) is 0 Å². The fraction of sp³-hybridized carbons (Fsp3) is 0.500. The van der Waals surface area contributed by atoms with Crippen molar-refractivity contribution in [2.75, 3.05) is 20.2 Å². The second kappa shape index (κ2) is 5.87. The average molecular weight is 247 g/mol. The van der Waals surface area contributed by atoms with Gasteiger partial charge in [-0.15, -0.1) is 0 Å². The van der Waals surface area contributed by atoms with Gasteiger partial charge in [0.25, 0.3) is 0 Å². The summed E-state index contributed by atoms with van der Waals surface area (Å²) >= 11 is 0. The molecule has 2 aromatic rings. The number of likely N-dealkylation sites (N-methyl/N-ethyl adjacent to an activating group) is 1. The Balaban J connectivity index is 2.27. The molecule has 0 aliphatic heterocycles. The van der Waals surface area contributed by atoms with Crippen LogP contribution in [0.15, 0.2) is 18.2 Å². The van der Waals surface area contributed by atoms with E-state index in [0.29, 0.717) is 0 Å². The van der Waals surface area contributed by atoms with E-state index in [1.54, 1.807) is 0 Å². The lowest BCUT2D eigenvalue weighted by Gasteiger charge is -2.04. The third-order valence-corrected chi connectivity index (χ3v) is 3.02. The molecule has 1 N–H and O–H groups in total. The number of nitrogens with zero attached hydrogens (tertiary/aromatic N) is 2. The van der Waals surface area contributed by atoms with Crippen molar-refractivity contribution in [1.82, 2.24) is 14.9 Å². The lowest BCUT2D eigenvalue weighted by atomic mass is 10.3. The molecule has 0 atom stereocenters. The van der Waals surface area contributed by atoms with Crippen molar-refractivity contribution in [3.63, 3.8) is 0 Å². The van der Waals surface area contributed by atoms with Crippen molar-refractivity contribution in [1.29, 1.82) is 0 Å². The largest absolute Gasteiger partial charge is 0.494 e. The van der Waals surface area contributed by atoms with E-state index in [4.69, 9.17) is 4.74 Å². The van der Waals surface area contributed by atoms with Crippen LogP contribution in [0.5, 0.6) is 5.75 Å². The van der Waals surface area contributed by atoms with Gasteiger partial charge in [0.05, 0.1) is 17.6 Å². The Hall–Kier alpha value is -1.55. The number of fused-ring (bicyclic) bond motifs is 1. The monoisotopic (exact) mass is 247 g/mol. The second-order valence-corrected chi connectivity index (χ2v) is 4.44. The van der Waals surface area contributed by atoms with E-state index in [0.717, 1.165) is 48.6 Å². The Labute approximate surface area is 108 Å². The van der Waals surface area contributed by atoms with Gasteiger partial charge in [-0.2, -0.15) is 0 Å². The van der Waals surface area contributed by atoms with Crippen LogP contribution in [-0.4, -0.2) is 29.8 Å². The van der Waals surface area contributed by atoms with Gasteiger partial charge in [0, 0.05) is 26.1 Å². The smallest absolute Gasteiger partial charge is 0.121 e. The maximum atomic E-state index is 5.63. The van der Waals surface area contributed by atoms with Crippen molar-refractivity contribution >= 4 is 11.0 Å². The molecule has 4 heteroatoms. The lowest BCUT2D eigenvalue weighted by molar-refractivity contribution is 0.318. The molecule has 18 heavy (non-hydrogen) atoms. The van der Waals surface area contributed by atoms with Crippen molar-refractivity contribution < 1.29 is 4.74 Å². The molecular weight excluding hydrogens is 226 g/mol. The first-order valence-electron chi connectivity index (χ1n) is 6.49. The first-order valence-corrected chi connectivity index (χ1v) is 6.49. The highest BCUT2D eigenvalue weighted by Gasteiger charge is 2.08. The Bertz CT molecular complexity index is 519. The lowest BCUT2D eigenvalue weighted by Crippen LogP contribution is -2.12. The molecule has 1 heterocycles. The molecule has 1 aromatic carbocycles. The van der Waals surface area contributed by atoms with E-state index in [1.165, 1.54) is 0 Å². The third kappa shape index (κ3) is 2.64. The average Bonchev–Trinajstić information content (AvgIpc) is 2.70. The Morgan fingerprint density at radius 3 is 2.94 bits per heavy atom. The van der Waals surface area contributed by atoms with Crippen molar-refractivity contribution in [3.05, 3.63) is 24.0 Å². The van der Waals surface area contributed by atoms with E-state index < -0.39 is 0 Å². The summed E-state index contributed by atoms with van der Waals surface area (Å²) < 4.78 is 7.78. The van der Waals surface area contributed by atoms with E-state index >= 15 is 0 Å². The number of hydrogen-bond donors (Lipinski definition) is 1. The van der Waals surface area contributed by atoms with Crippen LogP contribution in [0.2, 0.25) is 0 Å². The van der Waals surface area contributed by atoms with Gasteiger partial charge < -0.3 is 14.6 Å². The molecule has 0 saturated carbocycles. The maximum absolute atomic E-state index is 5.63. The van der Waals surface area contributed by atoms with Gasteiger partial charge in [-0.05, 0) is 25.6 Å². The predicted molar refractivity (Wildman–Crippen MR) is 74.1 cm³/mol. The van der Waals surface area contributed by atoms with Crippen LogP contribution >= 0.6 is 0 Å². The first kappa shape index (κ1) is 12.9. The number of aromatic nitrogens is 2. The highest BCUT2D eigenvalue weighted by atomic mass is 16.5. The minimum Gasteiger partial charge on any atom is -0.494 e. The second-order valence-electron chi connectivity index (χ2n) is 4.44. The Morgan fingerprint density at radius 1 is 1.39 bits per heavy atom. The van der Waals surface area contributed by atoms with Crippen LogP contribution < -0.4 is 10.1 Å². The minimum atomic E-state index is 0.755. The predicted octanol–water partition coefficient (Wildman–Crippen LogP) is 2.12. The molecule has 98 valence electrons. The molecule has 0 radical (unpaired) electrons. The standard InChI is InChI=1S/C14H21N3O/c1-4-9-18-11-5-6-13-12(10-11)16-14(17(13)3)7-8-15-2/h5-6,10,15H,4,7-9H2,1-3H3. The van der Waals surface area contributed by atoms with E-state index in [-0.39, 0.29) is 0 Å². The number of nitrogens with one attached hydrogen (secondary N) is 1. The highest BCUT2D eigenvalue weighted by molar-refractivity contribution is 5.77. The molecule has 0 aliphatic carbocycles. The first-order chi connectivity index (χ1) is 8.76. The molecule has 0 fully saturated rings.